The van der Waals surface area contributed by atoms with E-state index in [4.69, 9.17) is 9.16 Å². The Morgan fingerprint density at radius 3 is 2.42 bits per heavy atom. The number of rotatable bonds is 6. The van der Waals surface area contributed by atoms with Gasteiger partial charge in [0.15, 0.2) is 8.32 Å². The van der Waals surface area contributed by atoms with Gasteiger partial charge < -0.3 is 9.16 Å². The average Bonchev–Trinajstić information content (AvgIpc) is 2.35. The number of carbonyl (C=O) groups excluding carboxylic acids is 1. The summed E-state index contributed by atoms with van der Waals surface area (Å²) >= 11 is 0. The number of hydrogen-bond acceptors (Lipinski definition) is 3. The molecule has 0 fully saturated rings. The molecule has 1 atom stereocenters. The molecule has 0 unspecified atom stereocenters. The molecule has 104 valence electrons. The van der Waals surface area contributed by atoms with Crippen molar-refractivity contribution < 1.29 is 14.0 Å². The summed E-state index contributed by atoms with van der Waals surface area (Å²) in [6, 6.07) is 9.96. The van der Waals surface area contributed by atoms with Gasteiger partial charge in [0.2, 0.25) is 0 Å². The number of esters is 1. The Balaban J connectivity index is 2.73. The van der Waals surface area contributed by atoms with Crippen molar-refractivity contribution in [1.29, 1.82) is 0 Å². The highest BCUT2D eigenvalue weighted by Crippen LogP contribution is 2.13. The average molecular weight is 278 g/mol. The Kier molecular flexibility index (Phi) is 5.98. The molecule has 0 saturated carbocycles. The van der Waals surface area contributed by atoms with Crippen LogP contribution in [-0.2, 0) is 14.0 Å². The zero-order chi connectivity index (χ0) is 14.3. The highest BCUT2D eigenvalue weighted by atomic mass is 28.4. The zero-order valence-electron chi connectivity index (χ0n) is 12.1. The van der Waals surface area contributed by atoms with Gasteiger partial charge in [-0.25, -0.2) is 0 Å². The fourth-order valence-corrected chi connectivity index (χ4v) is 2.70. The molecule has 0 aromatic heterocycles. The summed E-state index contributed by atoms with van der Waals surface area (Å²) in [6.45, 7) is 6.31. The third-order valence-electron chi connectivity index (χ3n) is 2.40. The fraction of sp³-hybridized carbons (Fsp3) is 0.400. The first-order valence-electron chi connectivity index (χ1n) is 6.38. The fourth-order valence-electron chi connectivity index (χ4n) is 1.63. The van der Waals surface area contributed by atoms with E-state index in [1.807, 2.05) is 42.5 Å². The number of benzene rings is 1. The van der Waals surface area contributed by atoms with E-state index in [1.54, 1.807) is 0 Å². The van der Waals surface area contributed by atoms with E-state index in [0.717, 1.165) is 5.56 Å². The molecular formula is C15H22O3Si. The first kappa shape index (κ1) is 15.7. The van der Waals surface area contributed by atoms with Crippen LogP contribution in [0, 0.1) is 0 Å². The molecule has 1 aromatic carbocycles. The van der Waals surface area contributed by atoms with Crippen molar-refractivity contribution in [3.05, 3.63) is 42.0 Å². The molecule has 0 aliphatic heterocycles. The largest absolute Gasteiger partial charge is 0.469 e. The molecule has 0 aliphatic carbocycles. The molecule has 0 radical (unpaired) electrons. The first-order valence-corrected chi connectivity index (χ1v) is 9.79. The minimum Gasteiger partial charge on any atom is -0.469 e. The van der Waals surface area contributed by atoms with E-state index in [-0.39, 0.29) is 18.5 Å². The van der Waals surface area contributed by atoms with Gasteiger partial charge in [-0.2, -0.15) is 0 Å². The van der Waals surface area contributed by atoms with Crippen molar-refractivity contribution in [1.82, 2.24) is 0 Å². The van der Waals surface area contributed by atoms with Gasteiger partial charge in [-0.1, -0.05) is 42.5 Å². The Bertz CT molecular complexity index is 421. The molecule has 0 amide bonds. The third-order valence-corrected chi connectivity index (χ3v) is 3.41. The van der Waals surface area contributed by atoms with Crippen LogP contribution in [0.3, 0.4) is 0 Å². The Hall–Kier alpha value is -1.39. The second-order valence-electron chi connectivity index (χ2n) is 5.32. The molecular weight excluding hydrogens is 256 g/mol. The minimum atomic E-state index is -1.70. The van der Waals surface area contributed by atoms with Gasteiger partial charge in [0.1, 0.15) is 0 Å². The van der Waals surface area contributed by atoms with Crippen molar-refractivity contribution in [2.45, 2.75) is 32.2 Å². The van der Waals surface area contributed by atoms with Crippen LogP contribution in [0.25, 0.3) is 6.08 Å². The topological polar surface area (TPSA) is 35.5 Å². The summed E-state index contributed by atoms with van der Waals surface area (Å²) in [6.07, 6.45) is 3.95. The van der Waals surface area contributed by atoms with Crippen LogP contribution >= 0.6 is 0 Å². The predicted octanol–water partition coefficient (Wildman–Crippen LogP) is 3.48. The van der Waals surface area contributed by atoms with Crippen LogP contribution in [-0.4, -0.2) is 27.5 Å². The van der Waals surface area contributed by atoms with Crippen molar-refractivity contribution >= 4 is 20.4 Å². The number of ether oxygens (including phenoxy) is 1. The molecule has 0 spiro atoms. The van der Waals surface area contributed by atoms with Gasteiger partial charge in [0.25, 0.3) is 0 Å². The van der Waals surface area contributed by atoms with Crippen molar-refractivity contribution in [2.24, 2.45) is 0 Å². The monoisotopic (exact) mass is 278 g/mol. The smallest absolute Gasteiger partial charge is 0.308 e. The molecule has 0 saturated heterocycles. The molecule has 0 aliphatic rings. The van der Waals surface area contributed by atoms with Gasteiger partial charge in [-0.05, 0) is 25.2 Å². The molecule has 3 nitrogen and oxygen atoms in total. The van der Waals surface area contributed by atoms with Crippen molar-refractivity contribution in [2.75, 3.05) is 7.11 Å². The van der Waals surface area contributed by atoms with Crippen LogP contribution in [0.2, 0.25) is 19.6 Å². The standard InChI is InChI=1S/C15H22O3Si/c1-17-15(16)12-14(18-19(2,3)4)11-10-13-8-6-5-7-9-13/h5-11,14H,12H2,1-4H3/b11-10+/t14-/m0/s1. The Morgan fingerprint density at radius 2 is 1.89 bits per heavy atom. The quantitative estimate of drug-likeness (QED) is 0.590. The van der Waals surface area contributed by atoms with Gasteiger partial charge >= 0.3 is 5.97 Å². The number of methoxy groups -OCH3 is 1. The van der Waals surface area contributed by atoms with E-state index in [1.165, 1.54) is 7.11 Å². The normalized spacial score (nSPS) is 13.5. The summed E-state index contributed by atoms with van der Waals surface area (Å²) in [5.74, 6) is -0.249. The Labute approximate surface area is 116 Å². The third kappa shape index (κ3) is 6.93. The number of hydrogen-bond donors (Lipinski definition) is 0. The van der Waals surface area contributed by atoms with Crippen LogP contribution in [0.4, 0.5) is 0 Å². The number of carbonyl (C=O) groups is 1. The maximum Gasteiger partial charge on any atom is 0.308 e. The van der Waals surface area contributed by atoms with Crippen molar-refractivity contribution in [3.8, 4) is 0 Å². The van der Waals surface area contributed by atoms with Crippen LogP contribution in [0.15, 0.2) is 36.4 Å². The maximum atomic E-state index is 11.4. The van der Waals surface area contributed by atoms with Gasteiger partial charge in [-0.3, -0.25) is 4.79 Å². The van der Waals surface area contributed by atoms with E-state index >= 15 is 0 Å². The van der Waals surface area contributed by atoms with Crippen molar-refractivity contribution in [3.63, 3.8) is 0 Å². The summed E-state index contributed by atoms with van der Waals surface area (Å²) < 4.78 is 10.7. The van der Waals surface area contributed by atoms with E-state index in [9.17, 15) is 4.79 Å². The molecule has 0 bridgehead atoms. The highest BCUT2D eigenvalue weighted by Gasteiger charge is 2.21. The van der Waals surface area contributed by atoms with Gasteiger partial charge in [-0.15, -0.1) is 0 Å². The SMILES string of the molecule is COC(=O)C[C@H](/C=C/c1ccccc1)O[Si](C)(C)C. The van der Waals surface area contributed by atoms with Gasteiger partial charge in [0, 0.05) is 0 Å². The van der Waals surface area contributed by atoms with E-state index in [2.05, 4.69) is 19.6 Å². The van der Waals surface area contributed by atoms with Crippen LogP contribution in [0.1, 0.15) is 12.0 Å². The molecule has 1 rings (SSSR count). The molecule has 4 heteroatoms. The molecule has 19 heavy (non-hydrogen) atoms. The highest BCUT2D eigenvalue weighted by molar-refractivity contribution is 6.69. The lowest BCUT2D eigenvalue weighted by molar-refractivity contribution is -0.141. The second kappa shape index (κ2) is 7.26. The lowest BCUT2D eigenvalue weighted by atomic mass is 10.1. The first-order chi connectivity index (χ1) is 8.90. The second-order valence-corrected chi connectivity index (χ2v) is 9.78. The summed E-state index contributed by atoms with van der Waals surface area (Å²) in [5.41, 5.74) is 1.09. The van der Waals surface area contributed by atoms with E-state index < -0.39 is 8.32 Å². The Morgan fingerprint density at radius 1 is 1.26 bits per heavy atom. The van der Waals surface area contributed by atoms with Crippen LogP contribution < -0.4 is 0 Å². The summed E-state index contributed by atoms with van der Waals surface area (Å²) in [4.78, 5) is 11.4. The summed E-state index contributed by atoms with van der Waals surface area (Å²) in [5, 5.41) is 0. The maximum absolute atomic E-state index is 11.4. The molecule has 0 heterocycles. The predicted molar refractivity (Wildman–Crippen MR) is 80.3 cm³/mol. The summed E-state index contributed by atoms with van der Waals surface area (Å²) in [7, 11) is -0.299. The lowest BCUT2D eigenvalue weighted by Crippen LogP contribution is -2.32. The van der Waals surface area contributed by atoms with Gasteiger partial charge in [0.05, 0.1) is 19.6 Å². The lowest BCUT2D eigenvalue weighted by Gasteiger charge is -2.23. The zero-order valence-corrected chi connectivity index (χ0v) is 13.1. The van der Waals surface area contributed by atoms with Crippen LogP contribution in [0.5, 0.6) is 0 Å². The molecule has 1 aromatic rings. The minimum absolute atomic E-state index is 0.223. The van der Waals surface area contributed by atoms with E-state index in [0.29, 0.717) is 0 Å². The molecule has 0 N–H and O–H groups in total.